The number of benzene rings is 1. The lowest BCUT2D eigenvalue weighted by atomic mass is 10.1. The minimum absolute atomic E-state index is 0.380. The zero-order valence-corrected chi connectivity index (χ0v) is 13.5. The van der Waals surface area contributed by atoms with Gasteiger partial charge in [0.25, 0.3) is 0 Å². The van der Waals surface area contributed by atoms with Gasteiger partial charge in [0.1, 0.15) is 0 Å². The summed E-state index contributed by atoms with van der Waals surface area (Å²) in [4.78, 5) is 0.380. The van der Waals surface area contributed by atoms with Crippen LogP contribution >= 0.6 is 0 Å². The van der Waals surface area contributed by atoms with Crippen molar-refractivity contribution in [2.45, 2.75) is 24.8 Å². The third-order valence-corrected chi connectivity index (χ3v) is 5.14. The molecule has 0 aliphatic rings. The van der Waals surface area contributed by atoms with Crippen LogP contribution in [0.15, 0.2) is 23.1 Å². The van der Waals surface area contributed by atoms with Gasteiger partial charge >= 0.3 is 0 Å². The lowest BCUT2D eigenvalue weighted by Crippen LogP contribution is -2.29. The molecule has 0 bridgehead atoms. The van der Waals surface area contributed by atoms with E-state index < -0.39 is 10.0 Å². The van der Waals surface area contributed by atoms with Gasteiger partial charge < -0.3 is 10.1 Å². The minimum atomic E-state index is -3.44. The van der Waals surface area contributed by atoms with E-state index in [1.165, 1.54) is 4.31 Å². The summed E-state index contributed by atoms with van der Waals surface area (Å²) in [6.07, 6.45) is 0.682. The molecule has 0 aliphatic carbocycles. The first-order chi connectivity index (χ1) is 9.43. The van der Waals surface area contributed by atoms with Gasteiger partial charge in [0, 0.05) is 33.9 Å². The van der Waals surface area contributed by atoms with Crippen LogP contribution in [-0.4, -0.2) is 47.1 Å². The van der Waals surface area contributed by atoms with Crippen molar-refractivity contribution >= 4 is 10.0 Å². The summed E-state index contributed by atoms with van der Waals surface area (Å²) in [7, 11) is 1.61. The maximum absolute atomic E-state index is 12.6. The van der Waals surface area contributed by atoms with Crippen LogP contribution in [0, 0.1) is 6.92 Å². The molecule has 0 atom stereocenters. The summed E-state index contributed by atoms with van der Waals surface area (Å²) < 4.78 is 31.5. The maximum atomic E-state index is 12.6. The Labute approximate surface area is 122 Å². The lowest BCUT2D eigenvalue weighted by molar-refractivity contribution is 0.189. The molecule has 0 aromatic heterocycles. The number of hydrogen-bond donors (Lipinski definition) is 1. The zero-order chi connectivity index (χ0) is 15.2. The molecule has 0 saturated heterocycles. The standard InChI is InChI=1S/C14H24N2O3S/c1-12-6-7-13(11-15-2)10-14(12)20(17,18)16(3)8-5-9-19-4/h6-7,10,15H,5,8-9,11H2,1-4H3. The van der Waals surface area contributed by atoms with Crippen LogP contribution < -0.4 is 5.32 Å². The fourth-order valence-electron chi connectivity index (χ4n) is 1.96. The normalized spacial score (nSPS) is 12.1. The van der Waals surface area contributed by atoms with Crippen molar-refractivity contribution in [2.24, 2.45) is 0 Å². The Bertz CT molecular complexity index is 529. The highest BCUT2D eigenvalue weighted by atomic mass is 32.2. The SMILES string of the molecule is CNCc1ccc(C)c(S(=O)(=O)N(C)CCCOC)c1. The summed E-state index contributed by atoms with van der Waals surface area (Å²) >= 11 is 0. The van der Waals surface area contributed by atoms with Crippen LogP contribution in [0.1, 0.15) is 17.5 Å². The second-order valence-electron chi connectivity index (χ2n) is 4.80. The molecule has 20 heavy (non-hydrogen) atoms. The molecule has 0 aliphatic heterocycles. The van der Waals surface area contributed by atoms with Crippen molar-refractivity contribution in [2.75, 3.05) is 34.4 Å². The highest BCUT2D eigenvalue weighted by Gasteiger charge is 2.22. The Morgan fingerprint density at radius 2 is 2.05 bits per heavy atom. The molecule has 1 N–H and O–H groups in total. The van der Waals surface area contributed by atoms with Crippen LogP contribution in [-0.2, 0) is 21.3 Å². The first-order valence-electron chi connectivity index (χ1n) is 6.63. The first-order valence-corrected chi connectivity index (χ1v) is 8.07. The van der Waals surface area contributed by atoms with Gasteiger partial charge in [-0.25, -0.2) is 12.7 Å². The topological polar surface area (TPSA) is 58.6 Å². The minimum Gasteiger partial charge on any atom is -0.385 e. The van der Waals surface area contributed by atoms with Crippen molar-refractivity contribution in [3.8, 4) is 0 Å². The quantitative estimate of drug-likeness (QED) is 0.737. The van der Waals surface area contributed by atoms with Crippen molar-refractivity contribution in [3.63, 3.8) is 0 Å². The second kappa shape index (κ2) is 7.73. The average Bonchev–Trinajstić information content (AvgIpc) is 2.41. The van der Waals surface area contributed by atoms with Gasteiger partial charge in [-0.15, -0.1) is 0 Å². The molecule has 6 heteroatoms. The number of nitrogens with zero attached hydrogens (tertiary/aromatic N) is 1. The third-order valence-electron chi connectivity index (χ3n) is 3.14. The second-order valence-corrected chi connectivity index (χ2v) is 6.82. The van der Waals surface area contributed by atoms with Gasteiger partial charge in [-0.3, -0.25) is 0 Å². The summed E-state index contributed by atoms with van der Waals surface area (Å²) in [5, 5.41) is 3.03. The Morgan fingerprint density at radius 1 is 1.35 bits per heavy atom. The number of ether oxygens (including phenoxy) is 1. The molecule has 0 amide bonds. The molecule has 0 radical (unpaired) electrons. The summed E-state index contributed by atoms with van der Waals surface area (Å²) in [5.41, 5.74) is 1.73. The Balaban J connectivity index is 2.98. The fraction of sp³-hybridized carbons (Fsp3) is 0.571. The maximum Gasteiger partial charge on any atom is 0.243 e. The van der Waals surface area contributed by atoms with Crippen LogP contribution in [0.2, 0.25) is 0 Å². The summed E-state index contributed by atoms with van der Waals surface area (Å²) in [5.74, 6) is 0. The Morgan fingerprint density at radius 3 is 2.65 bits per heavy atom. The van der Waals surface area contributed by atoms with Gasteiger partial charge in [0.05, 0.1) is 4.90 Å². The zero-order valence-electron chi connectivity index (χ0n) is 12.6. The smallest absolute Gasteiger partial charge is 0.243 e. The van der Waals surface area contributed by atoms with E-state index in [2.05, 4.69) is 5.32 Å². The predicted molar refractivity (Wildman–Crippen MR) is 80.3 cm³/mol. The van der Waals surface area contributed by atoms with E-state index in [1.54, 1.807) is 20.2 Å². The molecule has 1 aromatic rings. The molecular weight excluding hydrogens is 276 g/mol. The van der Waals surface area contributed by atoms with Crippen molar-refractivity contribution in [1.29, 1.82) is 0 Å². The Hall–Kier alpha value is -0.950. The molecule has 0 saturated carbocycles. The van der Waals surface area contributed by atoms with Crippen LogP contribution in [0.25, 0.3) is 0 Å². The van der Waals surface area contributed by atoms with Crippen LogP contribution in [0.4, 0.5) is 0 Å². The largest absolute Gasteiger partial charge is 0.385 e. The van der Waals surface area contributed by atoms with Crippen LogP contribution in [0.5, 0.6) is 0 Å². The molecule has 0 heterocycles. The third kappa shape index (κ3) is 4.28. The molecule has 1 aromatic carbocycles. The molecular formula is C14H24N2O3S. The monoisotopic (exact) mass is 300 g/mol. The number of hydrogen-bond acceptors (Lipinski definition) is 4. The average molecular weight is 300 g/mol. The molecule has 5 nitrogen and oxygen atoms in total. The van der Waals surface area contributed by atoms with E-state index >= 15 is 0 Å². The summed E-state index contributed by atoms with van der Waals surface area (Å²) in [6, 6.07) is 5.53. The van der Waals surface area contributed by atoms with Crippen molar-refractivity contribution in [3.05, 3.63) is 29.3 Å². The number of sulfonamides is 1. The first kappa shape index (κ1) is 17.1. The number of aryl methyl sites for hydroxylation is 1. The van der Waals surface area contributed by atoms with Gasteiger partial charge in [-0.2, -0.15) is 0 Å². The van der Waals surface area contributed by atoms with Gasteiger partial charge in [0.15, 0.2) is 0 Å². The number of nitrogens with one attached hydrogen (secondary N) is 1. The summed E-state index contributed by atoms with van der Waals surface area (Å²) in [6.45, 7) is 3.47. The molecule has 0 spiro atoms. The van der Waals surface area contributed by atoms with E-state index in [9.17, 15) is 8.42 Å². The van der Waals surface area contributed by atoms with Crippen LogP contribution in [0.3, 0.4) is 0 Å². The highest BCUT2D eigenvalue weighted by Crippen LogP contribution is 2.20. The molecule has 114 valence electrons. The lowest BCUT2D eigenvalue weighted by Gasteiger charge is -2.19. The molecule has 0 fully saturated rings. The highest BCUT2D eigenvalue weighted by molar-refractivity contribution is 7.89. The van der Waals surface area contributed by atoms with Gasteiger partial charge in [-0.05, 0) is 37.6 Å². The molecule has 0 unspecified atom stereocenters. The Kier molecular flexibility index (Phi) is 6.61. The predicted octanol–water partition coefficient (Wildman–Crippen LogP) is 1.37. The van der Waals surface area contributed by atoms with Crippen molar-refractivity contribution in [1.82, 2.24) is 9.62 Å². The number of methoxy groups -OCH3 is 1. The van der Waals surface area contributed by atoms with E-state index in [0.717, 1.165) is 11.1 Å². The van der Waals surface area contributed by atoms with E-state index in [4.69, 9.17) is 4.74 Å². The van der Waals surface area contributed by atoms with E-state index in [1.807, 2.05) is 26.1 Å². The van der Waals surface area contributed by atoms with E-state index in [0.29, 0.717) is 31.0 Å². The van der Waals surface area contributed by atoms with Gasteiger partial charge in [0.2, 0.25) is 10.0 Å². The number of rotatable bonds is 8. The fourth-order valence-corrected chi connectivity index (χ4v) is 3.44. The molecule has 1 rings (SSSR count). The van der Waals surface area contributed by atoms with E-state index in [-0.39, 0.29) is 0 Å². The van der Waals surface area contributed by atoms with Gasteiger partial charge in [-0.1, -0.05) is 12.1 Å². The van der Waals surface area contributed by atoms with Crippen molar-refractivity contribution < 1.29 is 13.2 Å².